The van der Waals surface area contributed by atoms with Crippen molar-refractivity contribution in [1.29, 1.82) is 0 Å². The van der Waals surface area contributed by atoms with Crippen LogP contribution in [-0.2, 0) is 6.42 Å². The normalized spacial score (nSPS) is 10.4. The van der Waals surface area contributed by atoms with Gasteiger partial charge in [-0.05, 0) is 19.5 Å². The molecule has 1 heterocycles. The molecule has 82 valence electrons. The lowest BCUT2D eigenvalue weighted by Crippen LogP contribution is -2.05. The van der Waals surface area contributed by atoms with Crippen LogP contribution in [-0.4, -0.2) is 16.5 Å². The summed E-state index contributed by atoms with van der Waals surface area (Å²) in [6.45, 7) is 2.67. The molecule has 0 radical (unpaired) electrons. The van der Waals surface area contributed by atoms with Gasteiger partial charge in [-0.15, -0.1) is 0 Å². The summed E-state index contributed by atoms with van der Waals surface area (Å²) in [5, 5.41) is 0. The molecule has 0 aliphatic rings. The first-order valence-corrected chi connectivity index (χ1v) is 5.37. The third kappa shape index (κ3) is 2.44. The Balaban J connectivity index is 2.36. The molecule has 2 N–H and O–H groups in total. The van der Waals surface area contributed by atoms with E-state index in [1.165, 1.54) is 5.56 Å². The smallest absolute Gasteiger partial charge is 0.0888 e. The zero-order chi connectivity index (χ0) is 11.4. The maximum absolute atomic E-state index is 5.51. The second-order valence-electron chi connectivity index (χ2n) is 3.80. The molecule has 3 nitrogen and oxygen atoms in total. The Morgan fingerprint density at radius 3 is 2.88 bits per heavy atom. The summed E-state index contributed by atoms with van der Waals surface area (Å²) >= 11 is 0. The van der Waals surface area contributed by atoms with Crippen LogP contribution in [0.5, 0.6) is 0 Å². The van der Waals surface area contributed by atoms with Crippen LogP contribution in [0.2, 0.25) is 0 Å². The van der Waals surface area contributed by atoms with Crippen LogP contribution in [0.25, 0.3) is 11.3 Å². The Morgan fingerprint density at radius 1 is 1.25 bits per heavy atom. The van der Waals surface area contributed by atoms with Gasteiger partial charge in [0.25, 0.3) is 0 Å². The van der Waals surface area contributed by atoms with Crippen molar-refractivity contribution in [2.24, 2.45) is 5.73 Å². The number of nitrogens with zero attached hydrogens (tertiary/aromatic N) is 2. The van der Waals surface area contributed by atoms with Gasteiger partial charge in [0.05, 0.1) is 17.6 Å². The highest BCUT2D eigenvalue weighted by Crippen LogP contribution is 2.17. The molecule has 2 aromatic rings. The molecule has 0 unspecified atom stereocenters. The Bertz CT molecular complexity index is 480. The van der Waals surface area contributed by atoms with Gasteiger partial charge in [-0.25, -0.2) is 4.98 Å². The van der Waals surface area contributed by atoms with Crippen molar-refractivity contribution in [3.05, 3.63) is 47.9 Å². The molecule has 0 amide bonds. The van der Waals surface area contributed by atoms with E-state index in [1.54, 1.807) is 12.4 Å². The summed E-state index contributed by atoms with van der Waals surface area (Å²) in [7, 11) is 0. The molecule has 3 heteroatoms. The van der Waals surface area contributed by atoms with E-state index in [1.807, 2.05) is 12.1 Å². The minimum absolute atomic E-state index is 0.603. The quantitative estimate of drug-likeness (QED) is 0.847. The Hall–Kier alpha value is -1.74. The number of hydrogen-bond acceptors (Lipinski definition) is 3. The van der Waals surface area contributed by atoms with E-state index in [0.717, 1.165) is 23.4 Å². The van der Waals surface area contributed by atoms with E-state index < -0.39 is 0 Å². The summed E-state index contributed by atoms with van der Waals surface area (Å²) in [6, 6.07) is 8.25. The van der Waals surface area contributed by atoms with E-state index in [0.29, 0.717) is 6.54 Å². The Labute approximate surface area is 95.4 Å². The van der Waals surface area contributed by atoms with Crippen molar-refractivity contribution in [3.8, 4) is 11.3 Å². The standard InChI is InChI=1S/C13H15N3/c1-10-3-2-4-11(7-10)13-9-15-8-12(16-13)5-6-14/h2-4,7-9H,5-6,14H2,1H3. The average molecular weight is 213 g/mol. The summed E-state index contributed by atoms with van der Waals surface area (Å²) in [5.41, 5.74) is 9.69. The molecule has 1 aromatic carbocycles. The predicted octanol–water partition coefficient (Wildman–Crippen LogP) is 1.95. The van der Waals surface area contributed by atoms with Gasteiger partial charge in [0.15, 0.2) is 0 Å². The fraction of sp³-hybridized carbons (Fsp3) is 0.231. The molecule has 0 aliphatic heterocycles. The highest BCUT2D eigenvalue weighted by atomic mass is 14.8. The second-order valence-corrected chi connectivity index (χ2v) is 3.80. The third-order valence-electron chi connectivity index (χ3n) is 2.40. The molecule has 0 bridgehead atoms. The van der Waals surface area contributed by atoms with Gasteiger partial charge in [0, 0.05) is 18.2 Å². The topological polar surface area (TPSA) is 51.8 Å². The summed E-state index contributed by atoms with van der Waals surface area (Å²) in [4.78, 5) is 8.72. The fourth-order valence-electron chi connectivity index (χ4n) is 1.62. The SMILES string of the molecule is Cc1cccc(-c2cncc(CCN)n2)c1. The first-order chi connectivity index (χ1) is 7.79. The number of aromatic nitrogens is 2. The average Bonchev–Trinajstić information content (AvgIpc) is 2.30. The van der Waals surface area contributed by atoms with Crippen LogP contribution in [0.3, 0.4) is 0 Å². The molecule has 0 fully saturated rings. The van der Waals surface area contributed by atoms with Crippen LogP contribution in [0.4, 0.5) is 0 Å². The molecule has 0 saturated carbocycles. The van der Waals surface area contributed by atoms with E-state index >= 15 is 0 Å². The third-order valence-corrected chi connectivity index (χ3v) is 2.40. The Kier molecular flexibility index (Phi) is 3.27. The van der Waals surface area contributed by atoms with Gasteiger partial charge in [-0.3, -0.25) is 4.98 Å². The number of benzene rings is 1. The van der Waals surface area contributed by atoms with Gasteiger partial charge in [0.2, 0.25) is 0 Å². The summed E-state index contributed by atoms with van der Waals surface area (Å²) in [5.74, 6) is 0. The van der Waals surface area contributed by atoms with Crippen LogP contribution in [0.15, 0.2) is 36.7 Å². The molecule has 1 aromatic heterocycles. The van der Waals surface area contributed by atoms with Gasteiger partial charge in [0.1, 0.15) is 0 Å². The van der Waals surface area contributed by atoms with Crippen LogP contribution < -0.4 is 5.73 Å². The van der Waals surface area contributed by atoms with Crippen molar-refractivity contribution in [1.82, 2.24) is 9.97 Å². The molecule has 0 atom stereocenters. The van der Waals surface area contributed by atoms with Crippen molar-refractivity contribution in [2.75, 3.05) is 6.54 Å². The van der Waals surface area contributed by atoms with E-state index in [9.17, 15) is 0 Å². The highest BCUT2D eigenvalue weighted by molar-refractivity contribution is 5.58. The van der Waals surface area contributed by atoms with Crippen molar-refractivity contribution < 1.29 is 0 Å². The lowest BCUT2D eigenvalue weighted by Gasteiger charge is -2.03. The number of hydrogen-bond donors (Lipinski definition) is 1. The van der Waals surface area contributed by atoms with E-state index in [2.05, 4.69) is 29.0 Å². The van der Waals surface area contributed by atoms with Crippen molar-refractivity contribution in [3.63, 3.8) is 0 Å². The minimum atomic E-state index is 0.603. The van der Waals surface area contributed by atoms with Gasteiger partial charge in [-0.1, -0.05) is 23.8 Å². The molecular formula is C13H15N3. The van der Waals surface area contributed by atoms with Gasteiger partial charge < -0.3 is 5.73 Å². The molecule has 0 aliphatic carbocycles. The maximum Gasteiger partial charge on any atom is 0.0888 e. The highest BCUT2D eigenvalue weighted by Gasteiger charge is 2.01. The largest absolute Gasteiger partial charge is 0.330 e. The van der Waals surface area contributed by atoms with Crippen LogP contribution in [0.1, 0.15) is 11.3 Å². The first kappa shape index (κ1) is 10.8. The monoisotopic (exact) mass is 213 g/mol. The van der Waals surface area contributed by atoms with Crippen molar-refractivity contribution >= 4 is 0 Å². The molecular weight excluding hydrogens is 198 g/mol. The van der Waals surface area contributed by atoms with Gasteiger partial charge in [-0.2, -0.15) is 0 Å². The Morgan fingerprint density at radius 2 is 2.12 bits per heavy atom. The first-order valence-electron chi connectivity index (χ1n) is 5.37. The maximum atomic E-state index is 5.51. The summed E-state index contributed by atoms with van der Waals surface area (Å²) in [6.07, 6.45) is 4.33. The van der Waals surface area contributed by atoms with Gasteiger partial charge >= 0.3 is 0 Å². The lowest BCUT2D eigenvalue weighted by atomic mass is 10.1. The zero-order valence-corrected chi connectivity index (χ0v) is 9.35. The number of nitrogens with two attached hydrogens (primary N) is 1. The van der Waals surface area contributed by atoms with E-state index in [-0.39, 0.29) is 0 Å². The molecule has 16 heavy (non-hydrogen) atoms. The predicted molar refractivity (Wildman–Crippen MR) is 65.0 cm³/mol. The molecule has 0 spiro atoms. The fourth-order valence-corrected chi connectivity index (χ4v) is 1.62. The van der Waals surface area contributed by atoms with Crippen LogP contribution >= 0.6 is 0 Å². The second kappa shape index (κ2) is 4.86. The lowest BCUT2D eigenvalue weighted by molar-refractivity contribution is 0.910. The van der Waals surface area contributed by atoms with E-state index in [4.69, 9.17) is 5.73 Å². The minimum Gasteiger partial charge on any atom is -0.330 e. The number of rotatable bonds is 3. The van der Waals surface area contributed by atoms with Crippen molar-refractivity contribution in [2.45, 2.75) is 13.3 Å². The number of aryl methyl sites for hydroxylation is 1. The summed E-state index contributed by atoms with van der Waals surface area (Å²) < 4.78 is 0. The molecule has 2 rings (SSSR count). The van der Waals surface area contributed by atoms with Crippen LogP contribution in [0, 0.1) is 6.92 Å². The molecule has 0 saturated heterocycles. The zero-order valence-electron chi connectivity index (χ0n) is 9.35.